The van der Waals surface area contributed by atoms with Crippen LogP contribution < -0.4 is 21.1 Å². The van der Waals surface area contributed by atoms with Gasteiger partial charge in [0, 0.05) is 20.1 Å². The van der Waals surface area contributed by atoms with Crippen molar-refractivity contribution in [1.82, 2.24) is 10.2 Å². The predicted octanol–water partition coefficient (Wildman–Crippen LogP) is 0.672. The van der Waals surface area contributed by atoms with Gasteiger partial charge in [-0.1, -0.05) is 0 Å². The van der Waals surface area contributed by atoms with Crippen molar-refractivity contribution in [2.24, 2.45) is 0 Å². The summed E-state index contributed by atoms with van der Waals surface area (Å²) < 4.78 is 5.24. The van der Waals surface area contributed by atoms with E-state index in [0.717, 1.165) is 18.1 Å². The molecular formula is C11H20N4O2S. The van der Waals surface area contributed by atoms with Gasteiger partial charge >= 0.3 is 0 Å². The van der Waals surface area contributed by atoms with E-state index in [-0.39, 0.29) is 5.91 Å². The molecule has 1 aromatic heterocycles. The highest BCUT2D eigenvalue weighted by molar-refractivity contribution is 7.19. The molecule has 18 heavy (non-hydrogen) atoms. The van der Waals surface area contributed by atoms with Crippen LogP contribution in [0.25, 0.3) is 0 Å². The standard InChI is InChI=1S/C11H20N4O2S/c1-13-10(16)9-7(12)8(17-4)11(18-9)14-5-6-15(2)3/h14H,5-6,12H2,1-4H3,(H,13,16). The fraction of sp³-hybridized carbons (Fsp3) is 0.545. The molecule has 0 aliphatic carbocycles. The number of ether oxygens (including phenoxy) is 1. The molecule has 1 amide bonds. The Labute approximate surface area is 111 Å². The molecule has 0 radical (unpaired) electrons. The molecule has 0 spiro atoms. The van der Waals surface area contributed by atoms with Crippen molar-refractivity contribution in [3.8, 4) is 5.75 Å². The normalized spacial score (nSPS) is 10.5. The van der Waals surface area contributed by atoms with Crippen LogP contribution in [-0.2, 0) is 0 Å². The van der Waals surface area contributed by atoms with Gasteiger partial charge in [-0.3, -0.25) is 4.79 Å². The van der Waals surface area contributed by atoms with Gasteiger partial charge in [0.05, 0.1) is 7.11 Å². The predicted molar refractivity (Wildman–Crippen MR) is 75.7 cm³/mol. The van der Waals surface area contributed by atoms with E-state index in [1.165, 1.54) is 11.3 Å². The van der Waals surface area contributed by atoms with Gasteiger partial charge in [-0.15, -0.1) is 11.3 Å². The number of thiophene rings is 1. The average molecular weight is 272 g/mol. The van der Waals surface area contributed by atoms with Crippen LogP contribution in [0.15, 0.2) is 0 Å². The maximum atomic E-state index is 11.6. The molecule has 0 fully saturated rings. The number of nitrogen functional groups attached to an aromatic ring is 1. The second-order valence-electron chi connectivity index (χ2n) is 4.02. The van der Waals surface area contributed by atoms with Crippen LogP contribution in [0.3, 0.4) is 0 Å². The fourth-order valence-corrected chi connectivity index (χ4v) is 2.48. The molecule has 0 aromatic carbocycles. The fourth-order valence-electron chi connectivity index (χ4n) is 1.42. The lowest BCUT2D eigenvalue weighted by molar-refractivity contribution is 0.0967. The zero-order valence-corrected chi connectivity index (χ0v) is 12.0. The van der Waals surface area contributed by atoms with E-state index in [2.05, 4.69) is 15.5 Å². The van der Waals surface area contributed by atoms with E-state index < -0.39 is 0 Å². The van der Waals surface area contributed by atoms with Gasteiger partial charge in [-0.05, 0) is 14.1 Å². The van der Waals surface area contributed by atoms with Crippen molar-refractivity contribution in [2.75, 3.05) is 52.4 Å². The van der Waals surface area contributed by atoms with Crippen molar-refractivity contribution < 1.29 is 9.53 Å². The van der Waals surface area contributed by atoms with Gasteiger partial charge < -0.3 is 26.0 Å². The molecule has 0 aliphatic heterocycles. The highest BCUT2D eigenvalue weighted by atomic mass is 32.1. The molecule has 0 saturated carbocycles. The number of hydrogen-bond acceptors (Lipinski definition) is 6. The summed E-state index contributed by atoms with van der Waals surface area (Å²) in [5, 5.41) is 6.58. The molecule has 7 heteroatoms. The van der Waals surface area contributed by atoms with Gasteiger partial charge in [-0.25, -0.2) is 0 Å². The van der Waals surface area contributed by atoms with Crippen LogP contribution in [-0.4, -0.2) is 52.1 Å². The third kappa shape index (κ3) is 3.27. The molecule has 1 heterocycles. The van der Waals surface area contributed by atoms with Crippen LogP contribution in [0.5, 0.6) is 5.75 Å². The Bertz CT molecular complexity index is 417. The second kappa shape index (κ2) is 6.46. The Morgan fingerprint density at radius 1 is 1.50 bits per heavy atom. The van der Waals surface area contributed by atoms with Crippen LogP contribution in [0.4, 0.5) is 10.7 Å². The number of nitrogens with one attached hydrogen (secondary N) is 2. The van der Waals surface area contributed by atoms with E-state index >= 15 is 0 Å². The minimum atomic E-state index is -0.198. The van der Waals surface area contributed by atoms with Crippen LogP contribution in [0, 0.1) is 0 Å². The van der Waals surface area contributed by atoms with Gasteiger partial charge in [0.1, 0.15) is 15.6 Å². The Morgan fingerprint density at radius 3 is 2.67 bits per heavy atom. The highest BCUT2D eigenvalue weighted by Crippen LogP contribution is 2.42. The quantitative estimate of drug-likeness (QED) is 0.709. The largest absolute Gasteiger partial charge is 0.492 e. The van der Waals surface area contributed by atoms with E-state index in [4.69, 9.17) is 10.5 Å². The smallest absolute Gasteiger partial charge is 0.263 e. The van der Waals surface area contributed by atoms with Gasteiger partial charge in [0.25, 0.3) is 5.91 Å². The monoisotopic (exact) mass is 272 g/mol. The maximum Gasteiger partial charge on any atom is 0.263 e. The molecule has 0 unspecified atom stereocenters. The van der Waals surface area contributed by atoms with Crippen molar-refractivity contribution in [3.05, 3.63) is 4.88 Å². The summed E-state index contributed by atoms with van der Waals surface area (Å²) in [7, 11) is 7.12. The molecule has 1 aromatic rings. The summed E-state index contributed by atoms with van der Waals surface area (Å²) in [6.07, 6.45) is 0. The zero-order chi connectivity index (χ0) is 13.7. The first-order chi connectivity index (χ1) is 8.51. The summed E-state index contributed by atoms with van der Waals surface area (Å²) in [5.74, 6) is 0.341. The Hall–Kier alpha value is -1.47. The molecular weight excluding hydrogens is 252 g/mol. The van der Waals surface area contributed by atoms with Crippen LogP contribution >= 0.6 is 11.3 Å². The van der Waals surface area contributed by atoms with Crippen LogP contribution in [0.2, 0.25) is 0 Å². The highest BCUT2D eigenvalue weighted by Gasteiger charge is 2.20. The molecule has 0 bridgehead atoms. The minimum absolute atomic E-state index is 0.198. The zero-order valence-electron chi connectivity index (χ0n) is 11.2. The Morgan fingerprint density at radius 2 is 2.17 bits per heavy atom. The Balaban J connectivity index is 2.87. The van der Waals surface area contributed by atoms with E-state index in [1.807, 2.05) is 14.1 Å². The minimum Gasteiger partial charge on any atom is -0.492 e. The number of carbonyl (C=O) groups is 1. The molecule has 102 valence electrons. The number of rotatable bonds is 6. The number of nitrogens with two attached hydrogens (primary N) is 1. The first-order valence-electron chi connectivity index (χ1n) is 5.58. The van der Waals surface area contributed by atoms with E-state index in [1.54, 1.807) is 14.2 Å². The van der Waals surface area contributed by atoms with Crippen molar-refractivity contribution in [1.29, 1.82) is 0 Å². The number of likely N-dealkylation sites (N-methyl/N-ethyl adjacent to an activating group) is 1. The first-order valence-corrected chi connectivity index (χ1v) is 6.39. The number of amides is 1. The van der Waals surface area contributed by atoms with E-state index in [0.29, 0.717) is 16.3 Å². The number of hydrogen-bond donors (Lipinski definition) is 3. The third-order valence-electron chi connectivity index (χ3n) is 2.38. The first kappa shape index (κ1) is 14.6. The maximum absolute atomic E-state index is 11.6. The molecule has 0 atom stereocenters. The lowest BCUT2D eigenvalue weighted by Crippen LogP contribution is -2.20. The topological polar surface area (TPSA) is 79.6 Å². The number of nitrogens with zero attached hydrogens (tertiary/aromatic N) is 1. The molecule has 1 rings (SSSR count). The average Bonchev–Trinajstić information content (AvgIpc) is 2.64. The lowest BCUT2D eigenvalue weighted by Gasteiger charge is -2.11. The number of anilines is 2. The molecule has 4 N–H and O–H groups in total. The van der Waals surface area contributed by atoms with Crippen molar-refractivity contribution >= 4 is 27.9 Å². The van der Waals surface area contributed by atoms with Gasteiger partial charge in [0.15, 0.2) is 5.75 Å². The molecule has 0 saturated heterocycles. The summed E-state index contributed by atoms with van der Waals surface area (Å²) in [5.41, 5.74) is 6.28. The summed E-state index contributed by atoms with van der Waals surface area (Å²) in [4.78, 5) is 14.2. The van der Waals surface area contributed by atoms with Crippen LogP contribution in [0.1, 0.15) is 9.67 Å². The third-order valence-corrected chi connectivity index (χ3v) is 3.52. The van der Waals surface area contributed by atoms with Crippen molar-refractivity contribution in [2.45, 2.75) is 0 Å². The lowest BCUT2D eigenvalue weighted by atomic mass is 10.3. The Kier molecular flexibility index (Phi) is 5.24. The van der Waals surface area contributed by atoms with E-state index in [9.17, 15) is 4.79 Å². The van der Waals surface area contributed by atoms with Gasteiger partial charge in [-0.2, -0.15) is 0 Å². The summed E-state index contributed by atoms with van der Waals surface area (Å²) >= 11 is 1.30. The SMILES string of the molecule is CNC(=O)c1sc(NCCN(C)C)c(OC)c1N. The number of methoxy groups -OCH3 is 1. The second-order valence-corrected chi connectivity index (χ2v) is 5.04. The summed E-state index contributed by atoms with van der Waals surface area (Å²) in [6, 6.07) is 0. The molecule has 6 nitrogen and oxygen atoms in total. The van der Waals surface area contributed by atoms with Gasteiger partial charge in [0.2, 0.25) is 0 Å². The molecule has 0 aliphatic rings. The van der Waals surface area contributed by atoms with Crippen molar-refractivity contribution in [3.63, 3.8) is 0 Å². The summed E-state index contributed by atoms with van der Waals surface area (Å²) in [6.45, 7) is 1.65. The number of carbonyl (C=O) groups excluding carboxylic acids is 1.